The van der Waals surface area contributed by atoms with Crippen molar-refractivity contribution in [3.63, 3.8) is 0 Å². The molecule has 2 rings (SSSR count). The highest BCUT2D eigenvalue weighted by atomic mass is 19.1. The van der Waals surface area contributed by atoms with Crippen molar-refractivity contribution in [2.24, 2.45) is 0 Å². The van der Waals surface area contributed by atoms with Gasteiger partial charge in [-0.3, -0.25) is 0 Å². The first-order valence-electron chi connectivity index (χ1n) is 6.25. The topological polar surface area (TPSA) is 22.4 Å². The normalized spacial score (nSPS) is 10.9. The van der Waals surface area contributed by atoms with Crippen LogP contribution >= 0.6 is 0 Å². The summed E-state index contributed by atoms with van der Waals surface area (Å²) in [5, 5.41) is 0. The van der Waals surface area contributed by atoms with Gasteiger partial charge < -0.3 is 9.15 Å². The summed E-state index contributed by atoms with van der Waals surface area (Å²) < 4.78 is 25.1. The molecular weight excluding hydrogens is 231 g/mol. The molecule has 0 fully saturated rings. The lowest BCUT2D eigenvalue weighted by Gasteiger charge is -2.18. The Morgan fingerprint density at radius 2 is 1.94 bits per heavy atom. The molecule has 0 spiro atoms. The van der Waals surface area contributed by atoms with E-state index in [4.69, 9.17) is 9.15 Å². The fourth-order valence-electron chi connectivity index (χ4n) is 1.90. The summed E-state index contributed by atoms with van der Waals surface area (Å²) in [5.74, 6) is 0.709. The zero-order valence-corrected chi connectivity index (χ0v) is 10.7. The third kappa shape index (κ3) is 2.55. The number of benzene rings is 1. The lowest BCUT2D eigenvalue weighted by Crippen LogP contribution is -2.14. The van der Waals surface area contributed by atoms with E-state index in [2.05, 4.69) is 13.8 Å². The number of ether oxygens (including phenoxy) is 1. The second-order valence-corrected chi connectivity index (χ2v) is 4.15. The minimum atomic E-state index is -0.326. The Labute approximate surface area is 106 Å². The third-order valence-corrected chi connectivity index (χ3v) is 2.95. The van der Waals surface area contributed by atoms with Gasteiger partial charge in [-0.1, -0.05) is 19.9 Å². The molecule has 0 atom stereocenters. The molecule has 0 saturated heterocycles. The first-order valence-corrected chi connectivity index (χ1v) is 6.25. The van der Waals surface area contributed by atoms with Gasteiger partial charge in [-0.15, -0.1) is 0 Å². The second kappa shape index (κ2) is 5.71. The van der Waals surface area contributed by atoms with Crippen molar-refractivity contribution in [1.29, 1.82) is 0 Å². The van der Waals surface area contributed by atoms with Crippen LogP contribution < -0.4 is 4.74 Å². The molecule has 3 heteroatoms. The van der Waals surface area contributed by atoms with Crippen molar-refractivity contribution < 1.29 is 13.5 Å². The van der Waals surface area contributed by atoms with E-state index in [1.165, 1.54) is 12.3 Å². The number of furan rings is 1. The van der Waals surface area contributed by atoms with Crippen LogP contribution in [-0.4, -0.2) is 6.10 Å². The van der Waals surface area contributed by atoms with Crippen LogP contribution in [0.25, 0.3) is 11.3 Å². The highest BCUT2D eigenvalue weighted by Crippen LogP contribution is 2.33. The molecule has 0 N–H and O–H groups in total. The van der Waals surface area contributed by atoms with Gasteiger partial charge >= 0.3 is 0 Å². The molecule has 0 saturated carbocycles. The molecule has 0 aliphatic heterocycles. The molecule has 0 aliphatic carbocycles. The van der Waals surface area contributed by atoms with Gasteiger partial charge in [0.15, 0.2) is 0 Å². The van der Waals surface area contributed by atoms with E-state index < -0.39 is 0 Å². The minimum absolute atomic E-state index is 0.0977. The van der Waals surface area contributed by atoms with E-state index in [9.17, 15) is 4.39 Å². The van der Waals surface area contributed by atoms with Gasteiger partial charge in [0.1, 0.15) is 17.3 Å². The zero-order chi connectivity index (χ0) is 13.0. The Balaban J connectivity index is 2.38. The van der Waals surface area contributed by atoms with Crippen LogP contribution in [0.3, 0.4) is 0 Å². The van der Waals surface area contributed by atoms with Gasteiger partial charge in [0.05, 0.1) is 17.9 Å². The molecule has 1 aromatic carbocycles. The molecule has 96 valence electrons. The van der Waals surface area contributed by atoms with Crippen LogP contribution in [0.5, 0.6) is 5.75 Å². The van der Waals surface area contributed by atoms with Gasteiger partial charge in [0.2, 0.25) is 0 Å². The van der Waals surface area contributed by atoms with Crippen LogP contribution in [0.4, 0.5) is 4.39 Å². The highest BCUT2D eigenvalue weighted by Gasteiger charge is 2.16. The molecule has 0 bridgehead atoms. The van der Waals surface area contributed by atoms with Crippen molar-refractivity contribution in [3.8, 4) is 17.1 Å². The maximum Gasteiger partial charge on any atom is 0.140 e. The van der Waals surface area contributed by atoms with Crippen LogP contribution in [0.1, 0.15) is 26.7 Å². The van der Waals surface area contributed by atoms with E-state index in [0.29, 0.717) is 17.1 Å². The van der Waals surface area contributed by atoms with Crippen LogP contribution in [0.15, 0.2) is 41.0 Å². The van der Waals surface area contributed by atoms with Gasteiger partial charge in [-0.2, -0.15) is 0 Å². The minimum Gasteiger partial charge on any atom is -0.490 e. The van der Waals surface area contributed by atoms with E-state index in [1.54, 1.807) is 24.3 Å². The summed E-state index contributed by atoms with van der Waals surface area (Å²) in [4.78, 5) is 0. The Bertz CT molecular complexity index is 487. The lowest BCUT2D eigenvalue weighted by atomic mass is 10.1. The average molecular weight is 248 g/mol. The lowest BCUT2D eigenvalue weighted by molar-refractivity contribution is 0.193. The molecule has 1 aromatic heterocycles. The van der Waals surface area contributed by atoms with Gasteiger partial charge in [0.25, 0.3) is 0 Å². The second-order valence-electron chi connectivity index (χ2n) is 4.15. The number of hydrogen-bond acceptors (Lipinski definition) is 2. The summed E-state index contributed by atoms with van der Waals surface area (Å²) in [6.07, 6.45) is 3.42. The van der Waals surface area contributed by atoms with Gasteiger partial charge in [0, 0.05) is 0 Å². The summed E-state index contributed by atoms with van der Waals surface area (Å²) >= 11 is 0. The molecular formula is C15H17FO2. The Kier molecular flexibility index (Phi) is 4.03. The summed E-state index contributed by atoms with van der Waals surface area (Å²) in [7, 11) is 0. The maximum absolute atomic E-state index is 13.9. The largest absolute Gasteiger partial charge is 0.490 e. The molecule has 0 amide bonds. The van der Waals surface area contributed by atoms with Crippen molar-refractivity contribution in [3.05, 3.63) is 42.4 Å². The molecule has 2 aromatic rings. The van der Waals surface area contributed by atoms with Gasteiger partial charge in [-0.05, 0) is 37.1 Å². The van der Waals surface area contributed by atoms with Crippen molar-refractivity contribution in [2.45, 2.75) is 32.8 Å². The third-order valence-electron chi connectivity index (χ3n) is 2.95. The number of hydrogen-bond donors (Lipinski definition) is 0. The first-order chi connectivity index (χ1) is 8.76. The van der Waals surface area contributed by atoms with E-state index >= 15 is 0 Å². The average Bonchev–Trinajstić information content (AvgIpc) is 2.89. The van der Waals surface area contributed by atoms with Crippen LogP contribution in [0, 0.1) is 5.82 Å². The number of halogens is 1. The first kappa shape index (κ1) is 12.7. The predicted molar refractivity (Wildman–Crippen MR) is 69.1 cm³/mol. The summed E-state index contributed by atoms with van der Waals surface area (Å²) in [6.45, 7) is 4.11. The summed E-state index contributed by atoms with van der Waals surface area (Å²) in [5.41, 5.74) is 0.398. The molecule has 0 radical (unpaired) electrons. The molecule has 18 heavy (non-hydrogen) atoms. The SMILES string of the molecule is CCC(CC)Oc1cccc(F)c1-c1ccco1. The van der Waals surface area contributed by atoms with E-state index in [0.717, 1.165) is 12.8 Å². The fraction of sp³-hybridized carbons (Fsp3) is 0.333. The highest BCUT2D eigenvalue weighted by molar-refractivity contribution is 5.66. The molecule has 0 unspecified atom stereocenters. The van der Waals surface area contributed by atoms with Crippen molar-refractivity contribution >= 4 is 0 Å². The van der Waals surface area contributed by atoms with Crippen LogP contribution in [0.2, 0.25) is 0 Å². The van der Waals surface area contributed by atoms with Gasteiger partial charge in [-0.25, -0.2) is 4.39 Å². The standard InChI is InChI=1S/C15H17FO2/c1-3-11(4-2)18-14-8-5-7-12(16)15(14)13-9-6-10-17-13/h5-11H,3-4H2,1-2H3. The Morgan fingerprint density at radius 1 is 1.17 bits per heavy atom. The molecule has 2 nitrogen and oxygen atoms in total. The Morgan fingerprint density at radius 3 is 2.56 bits per heavy atom. The monoisotopic (exact) mass is 248 g/mol. The smallest absolute Gasteiger partial charge is 0.140 e. The number of rotatable bonds is 5. The quantitative estimate of drug-likeness (QED) is 0.768. The Hall–Kier alpha value is -1.77. The van der Waals surface area contributed by atoms with Crippen molar-refractivity contribution in [1.82, 2.24) is 0 Å². The molecule has 0 aliphatic rings. The van der Waals surface area contributed by atoms with E-state index in [1.807, 2.05) is 0 Å². The summed E-state index contributed by atoms with van der Waals surface area (Å²) in [6, 6.07) is 8.32. The van der Waals surface area contributed by atoms with Crippen molar-refractivity contribution in [2.75, 3.05) is 0 Å². The van der Waals surface area contributed by atoms with Crippen LogP contribution in [-0.2, 0) is 0 Å². The molecule has 1 heterocycles. The predicted octanol–water partition coefficient (Wildman–Crippen LogP) is 4.65. The maximum atomic E-state index is 13.9. The zero-order valence-electron chi connectivity index (χ0n) is 10.7. The fourth-order valence-corrected chi connectivity index (χ4v) is 1.90. The van der Waals surface area contributed by atoms with E-state index in [-0.39, 0.29) is 11.9 Å².